The van der Waals surface area contributed by atoms with Gasteiger partial charge in [0.15, 0.2) is 0 Å². The van der Waals surface area contributed by atoms with Gasteiger partial charge in [-0.2, -0.15) is 0 Å². The summed E-state index contributed by atoms with van der Waals surface area (Å²) < 4.78 is 0. The van der Waals surface area contributed by atoms with E-state index in [4.69, 9.17) is 17.3 Å². The van der Waals surface area contributed by atoms with Crippen molar-refractivity contribution in [2.45, 2.75) is 0 Å². The number of halogens is 1. The first-order chi connectivity index (χ1) is 9.08. The second kappa shape index (κ2) is 5.49. The molecule has 0 radical (unpaired) electrons. The van der Waals surface area contributed by atoms with E-state index in [-0.39, 0.29) is 11.1 Å². The van der Waals surface area contributed by atoms with Crippen molar-refractivity contribution in [2.24, 2.45) is 5.73 Å². The fourth-order valence-corrected chi connectivity index (χ4v) is 1.64. The number of hydrogen-bond acceptors (Lipinski definition) is 3. The van der Waals surface area contributed by atoms with Gasteiger partial charge in [0, 0.05) is 6.20 Å². The Morgan fingerprint density at radius 2 is 1.79 bits per heavy atom. The fourth-order valence-electron chi connectivity index (χ4n) is 1.53. The first kappa shape index (κ1) is 13.0. The lowest BCUT2D eigenvalue weighted by molar-refractivity contribution is 0.0977. The van der Waals surface area contributed by atoms with Crippen molar-refractivity contribution in [2.75, 3.05) is 5.32 Å². The SMILES string of the molecule is NC(=O)c1ccccc1C(=O)Nc1ccc(Cl)cn1. The molecular weight excluding hydrogens is 266 g/mol. The van der Waals surface area contributed by atoms with Crippen LogP contribution >= 0.6 is 11.6 Å². The van der Waals surface area contributed by atoms with Crippen LogP contribution in [0.25, 0.3) is 0 Å². The van der Waals surface area contributed by atoms with Gasteiger partial charge in [-0.1, -0.05) is 23.7 Å². The largest absolute Gasteiger partial charge is 0.366 e. The zero-order valence-electron chi connectivity index (χ0n) is 9.76. The third-order valence-electron chi connectivity index (χ3n) is 2.41. The maximum atomic E-state index is 12.0. The standard InChI is InChI=1S/C13H10ClN3O2/c14-8-5-6-11(16-7-8)17-13(19)10-4-2-1-3-9(10)12(15)18/h1-7H,(H2,15,18)(H,16,17,19). The van der Waals surface area contributed by atoms with Crippen LogP contribution in [0, 0.1) is 0 Å². The summed E-state index contributed by atoms with van der Waals surface area (Å²) in [4.78, 5) is 27.2. The topological polar surface area (TPSA) is 85.1 Å². The van der Waals surface area contributed by atoms with Gasteiger partial charge >= 0.3 is 0 Å². The minimum absolute atomic E-state index is 0.161. The number of aromatic nitrogens is 1. The number of amides is 2. The van der Waals surface area contributed by atoms with Gasteiger partial charge in [0.25, 0.3) is 5.91 Å². The van der Waals surface area contributed by atoms with Crippen molar-refractivity contribution in [1.82, 2.24) is 4.98 Å². The number of anilines is 1. The molecule has 19 heavy (non-hydrogen) atoms. The van der Waals surface area contributed by atoms with Gasteiger partial charge in [-0.25, -0.2) is 4.98 Å². The number of nitrogens with zero attached hydrogens (tertiary/aromatic N) is 1. The summed E-state index contributed by atoms with van der Waals surface area (Å²) in [6, 6.07) is 9.46. The normalized spacial score (nSPS) is 9.95. The lowest BCUT2D eigenvalue weighted by Crippen LogP contribution is -2.20. The third-order valence-corrected chi connectivity index (χ3v) is 2.63. The van der Waals surface area contributed by atoms with Gasteiger partial charge in [-0.05, 0) is 24.3 Å². The van der Waals surface area contributed by atoms with Crippen molar-refractivity contribution in [3.63, 3.8) is 0 Å². The second-order valence-corrected chi connectivity index (χ2v) is 4.16. The van der Waals surface area contributed by atoms with E-state index in [1.807, 2.05) is 0 Å². The third kappa shape index (κ3) is 3.08. The number of rotatable bonds is 3. The van der Waals surface area contributed by atoms with E-state index >= 15 is 0 Å². The Balaban J connectivity index is 2.25. The number of pyridine rings is 1. The highest BCUT2D eigenvalue weighted by Gasteiger charge is 2.14. The van der Waals surface area contributed by atoms with Crippen LogP contribution in [0.2, 0.25) is 5.02 Å². The minimum atomic E-state index is -0.658. The van der Waals surface area contributed by atoms with Crippen LogP contribution in [-0.2, 0) is 0 Å². The van der Waals surface area contributed by atoms with Crippen LogP contribution in [-0.4, -0.2) is 16.8 Å². The highest BCUT2D eigenvalue weighted by atomic mass is 35.5. The smallest absolute Gasteiger partial charge is 0.257 e. The Hall–Kier alpha value is -2.40. The molecule has 2 aromatic rings. The zero-order valence-corrected chi connectivity index (χ0v) is 10.5. The van der Waals surface area contributed by atoms with Crippen molar-refractivity contribution in [3.8, 4) is 0 Å². The van der Waals surface area contributed by atoms with E-state index in [1.165, 1.54) is 18.3 Å². The van der Waals surface area contributed by atoms with Crippen molar-refractivity contribution >= 4 is 29.2 Å². The minimum Gasteiger partial charge on any atom is -0.366 e. The van der Waals surface area contributed by atoms with E-state index in [9.17, 15) is 9.59 Å². The fraction of sp³-hybridized carbons (Fsp3) is 0. The van der Waals surface area contributed by atoms with Crippen LogP contribution in [0.1, 0.15) is 20.7 Å². The molecule has 0 aliphatic rings. The molecule has 0 aliphatic carbocycles. The van der Waals surface area contributed by atoms with Crippen LogP contribution in [0.5, 0.6) is 0 Å². The molecule has 2 rings (SSSR count). The molecule has 6 heteroatoms. The maximum absolute atomic E-state index is 12.0. The summed E-state index contributed by atoms with van der Waals surface area (Å²) in [5.74, 6) is -0.771. The summed E-state index contributed by atoms with van der Waals surface area (Å²) in [7, 11) is 0. The van der Waals surface area contributed by atoms with Crippen molar-refractivity contribution in [1.29, 1.82) is 0 Å². The zero-order chi connectivity index (χ0) is 13.8. The van der Waals surface area contributed by atoms with Gasteiger partial charge < -0.3 is 11.1 Å². The average Bonchev–Trinajstić information content (AvgIpc) is 2.41. The molecule has 1 heterocycles. The molecule has 2 amide bonds. The maximum Gasteiger partial charge on any atom is 0.257 e. The molecule has 0 spiro atoms. The van der Waals surface area contributed by atoms with Gasteiger partial charge in [-0.3, -0.25) is 9.59 Å². The van der Waals surface area contributed by atoms with Gasteiger partial charge in [-0.15, -0.1) is 0 Å². The summed E-state index contributed by atoms with van der Waals surface area (Å²) in [5.41, 5.74) is 5.58. The Morgan fingerprint density at radius 3 is 2.37 bits per heavy atom. The highest BCUT2D eigenvalue weighted by molar-refractivity contribution is 6.30. The van der Waals surface area contributed by atoms with E-state index in [0.717, 1.165) is 0 Å². The molecular formula is C13H10ClN3O2. The number of carbonyl (C=O) groups excluding carboxylic acids is 2. The molecule has 0 fully saturated rings. The lowest BCUT2D eigenvalue weighted by atomic mass is 10.1. The molecule has 0 bridgehead atoms. The number of nitrogens with one attached hydrogen (secondary N) is 1. The molecule has 1 aromatic heterocycles. The van der Waals surface area contributed by atoms with E-state index < -0.39 is 11.8 Å². The highest BCUT2D eigenvalue weighted by Crippen LogP contribution is 2.13. The molecule has 0 saturated carbocycles. The van der Waals surface area contributed by atoms with E-state index in [2.05, 4.69) is 10.3 Å². The molecule has 96 valence electrons. The summed E-state index contributed by atoms with van der Waals surface area (Å²) in [6.07, 6.45) is 1.41. The van der Waals surface area contributed by atoms with Crippen LogP contribution < -0.4 is 11.1 Å². The number of carbonyl (C=O) groups is 2. The number of hydrogen-bond donors (Lipinski definition) is 2. The second-order valence-electron chi connectivity index (χ2n) is 3.73. The molecule has 3 N–H and O–H groups in total. The van der Waals surface area contributed by atoms with E-state index in [0.29, 0.717) is 10.8 Å². The van der Waals surface area contributed by atoms with Gasteiger partial charge in [0.05, 0.1) is 16.1 Å². The monoisotopic (exact) mass is 275 g/mol. The Bertz CT molecular complexity index is 626. The van der Waals surface area contributed by atoms with Crippen molar-refractivity contribution in [3.05, 3.63) is 58.7 Å². The predicted molar refractivity (Wildman–Crippen MR) is 72.2 cm³/mol. The number of primary amides is 1. The molecule has 0 aliphatic heterocycles. The Morgan fingerprint density at radius 1 is 1.11 bits per heavy atom. The molecule has 5 nitrogen and oxygen atoms in total. The van der Waals surface area contributed by atoms with Crippen LogP contribution in [0.15, 0.2) is 42.6 Å². The Labute approximate surface area is 114 Å². The average molecular weight is 276 g/mol. The summed E-state index contributed by atoms with van der Waals surface area (Å²) in [6.45, 7) is 0. The number of benzene rings is 1. The van der Waals surface area contributed by atoms with Gasteiger partial charge in [0.2, 0.25) is 5.91 Å². The van der Waals surface area contributed by atoms with Crippen LogP contribution in [0.4, 0.5) is 5.82 Å². The first-order valence-corrected chi connectivity index (χ1v) is 5.77. The lowest BCUT2D eigenvalue weighted by Gasteiger charge is -2.07. The van der Waals surface area contributed by atoms with Gasteiger partial charge in [0.1, 0.15) is 5.82 Å². The molecule has 0 unspecified atom stereocenters. The Kier molecular flexibility index (Phi) is 3.77. The summed E-state index contributed by atoms with van der Waals surface area (Å²) >= 11 is 5.70. The molecule has 0 atom stereocenters. The summed E-state index contributed by atoms with van der Waals surface area (Å²) in [5, 5.41) is 3.03. The first-order valence-electron chi connectivity index (χ1n) is 5.39. The molecule has 1 aromatic carbocycles. The van der Waals surface area contributed by atoms with Crippen molar-refractivity contribution < 1.29 is 9.59 Å². The predicted octanol–water partition coefficient (Wildman–Crippen LogP) is 2.09. The van der Waals surface area contributed by atoms with E-state index in [1.54, 1.807) is 24.3 Å². The van der Waals surface area contributed by atoms with Crippen LogP contribution in [0.3, 0.4) is 0 Å². The molecule has 0 saturated heterocycles. The quantitative estimate of drug-likeness (QED) is 0.899. The number of nitrogens with two attached hydrogens (primary N) is 1.